The zero-order valence-corrected chi connectivity index (χ0v) is 56.4. The number of aliphatic hydroxyl groups excluding tert-OH is 1. The number of nitrogens with zero attached hydrogens (tertiary/aromatic N) is 6. The molecule has 0 saturated carbocycles. The Morgan fingerprint density at radius 1 is 0.620 bits per heavy atom. The number of carbonyl (C=O) groups is 12. The monoisotopic (exact) mass is 1280 g/mol. The van der Waals surface area contributed by atoms with Gasteiger partial charge >= 0.3 is 0 Å². The van der Waals surface area contributed by atoms with E-state index in [-0.39, 0.29) is 50.0 Å². The number of fused-ring (bicyclic) bond motifs is 1. The number of benzene rings is 2. The van der Waals surface area contributed by atoms with Crippen LogP contribution in [0.5, 0.6) is 0 Å². The van der Waals surface area contributed by atoms with Crippen molar-refractivity contribution in [2.24, 2.45) is 17.8 Å². The van der Waals surface area contributed by atoms with Crippen LogP contribution in [0.15, 0.2) is 60.7 Å². The average molecular weight is 1280 g/mol. The molecule has 0 spiro atoms. The van der Waals surface area contributed by atoms with Gasteiger partial charge in [0.25, 0.3) is 0 Å². The van der Waals surface area contributed by atoms with Crippen molar-refractivity contribution in [3.63, 3.8) is 0 Å². The minimum Gasteiger partial charge on any atom is -0.391 e. The van der Waals surface area contributed by atoms with E-state index < -0.39 is 150 Å². The smallest absolute Gasteiger partial charge is 0.248 e. The fraction of sp³-hybridized carbons (Fsp3) is 0.642. The van der Waals surface area contributed by atoms with Crippen LogP contribution in [-0.2, 0) is 70.4 Å². The second-order valence-electron chi connectivity index (χ2n) is 25.9. The molecule has 92 heavy (non-hydrogen) atoms. The lowest BCUT2D eigenvalue weighted by Gasteiger charge is -2.37. The van der Waals surface area contributed by atoms with Crippen molar-refractivity contribution in [1.82, 2.24) is 61.3 Å². The van der Waals surface area contributed by atoms with Crippen LogP contribution in [0.25, 0.3) is 0 Å². The maximum atomic E-state index is 15.1. The lowest BCUT2D eigenvalue weighted by Crippen LogP contribution is -2.63. The Bertz CT molecular complexity index is 2910. The Kier molecular flexibility index (Phi) is 28.1. The number of nitrogens with one attached hydrogen (secondary N) is 6. The highest BCUT2D eigenvalue weighted by Crippen LogP contribution is 2.24. The lowest BCUT2D eigenvalue weighted by molar-refractivity contribution is -0.150. The molecule has 3 fully saturated rings. The molecule has 3 aliphatic heterocycles. The largest absolute Gasteiger partial charge is 0.391 e. The van der Waals surface area contributed by atoms with E-state index in [1.165, 1.54) is 60.8 Å². The van der Waals surface area contributed by atoms with E-state index in [2.05, 4.69) is 31.9 Å². The molecule has 5 rings (SSSR count). The molecule has 2 aromatic carbocycles. The van der Waals surface area contributed by atoms with E-state index in [1.807, 2.05) is 27.7 Å². The molecule has 3 aliphatic rings. The Labute approximate surface area is 542 Å². The summed E-state index contributed by atoms with van der Waals surface area (Å²) in [5.41, 5.74) is 1.24. The topological polar surface area (TPSA) is 317 Å². The van der Waals surface area contributed by atoms with Gasteiger partial charge in [-0.25, -0.2) is 0 Å². The second kappa shape index (κ2) is 34.6. The molecule has 12 amide bonds. The predicted molar refractivity (Wildman–Crippen MR) is 345 cm³/mol. The van der Waals surface area contributed by atoms with Crippen LogP contribution in [0.4, 0.5) is 0 Å². The molecule has 508 valence electrons. The van der Waals surface area contributed by atoms with Gasteiger partial charge in [0.05, 0.1) is 12.5 Å². The number of likely N-dealkylation sites (tertiary alicyclic amines) is 1. The molecule has 3 heterocycles. The number of likely N-dealkylation sites (N-methyl/N-ethyl adjacent to an activating group) is 4. The van der Waals surface area contributed by atoms with Crippen molar-refractivity contribution in [1.29, 1.82) is 0 Å². The highest BCUT2D eigenvalue weighted by atomic mass is 16.3. The van der Waals surface area contributed by atoms with E-state index >= 15 is 9.59 Å². The molecule has 14 atom stereocenters. The quantitative estimate of drug-likeness (QED) is 0.126. The number of rotatable bonds is 16. The Balaban J connectivity index is 1.60. The first-order valence-electron chi connectivity index (χ1n) is 32.7. The zero-order valence-electron chi connectivity index (χ0n) is 56.4. The molecule has 0 unspecified atom stereocenters. The molecule has 25 heteroatoms. The van der Waals surface area contributed by atoms with Gasteiger partial charge in [0.15, 0.2) is 0 Å². The highest BCUT2D eigenvalue weighted by Gasteiger charge is 2.44. The van der Waals surface area contributed by atoms with Crippen molar-refractivity contribution in [2.45, 2.75) is 212 Å². The van der Waals surface area contributed by atoms with Crippen LogP contribution >= 0.6 is 0 Å². The zero-order chi connectivity index (χ0) is 68.4. The Hall–Kier alpha value is -7.96. The molecule has 25 nitrogen and oxygen atoms in total. The van der Waals surface area contributed by atoms with Crippen molar-refractivity contribution >= 4 is 70.9 Å². The first kappa shape index (κ1) is 74.8. The van der Waals surface area contributed by atoms with Gasteiger partial charge in [0.1, 0.15) is 66.5 Å². The van der Waals surface area contributed by atoms with E-state index in [0.29, 0.717) is 43.5 Å². The number of piperidine rings is 1. The molecule has 0 radical (unpaired) electrons. The van der Waals surface area contributed by atoms with Crippen LogP contribution in [0, 0.1) is 17.8 Å². The number of hydrogen-bond donors (Lipinski definition) is 7. The maximum absolute atomic E-state index is 15.1. The fourth-order valence-corrected chi connectivity index (χ4v) is 11.8. The van der Waals surface area contributed by atoms with Crippen molar-refractivity contribution in [2.75, 3.05) is 47.8 Å². The molecular formula is C67H102N12O13. The molecule has 0 aliphatic carbocycles. The van der Waals surface area contributed by atoms with Gasteiger partial charge in [0.2, 0.25) is 70.9 Å². The molecular weight excluding hydrogens is 1180 g/mol. The van der Waals surface area contributed by atoms with Crippen LogP contribution in [0.2, 0.25) is 0 Å². The van der Waals surface area contributed by atoms with Gasteiger partial charge in [-0.1, -0.05) is 115 Å². The Morgan fingerprint density at radius 2 is 1.15 bits per heavy atom. The van der Waals surface area contributed by atoms with Crippen LogP contribution in [-0.4, -0.2) is 226 Å². The molecule has 0 aromatic heterocycles. The summed E-state index contributed by atoms with van der Waals surface area (Å²) in [6, 6.07) is 2.73. The van der Waals surface area contributed by atoms with Gasteiger partial charge in [-0.2, -0.15) is 0 Å². The first-order chi connectivity index (χ1) is 43.4. The fourth-order valence-electron chi connectivity index (χ4n) is 11.8. The van der Waals surface area contributed by atoms with E-state index in [4.69, 9.17) is 0 Å². The first-order valence-corrected chi connectivity index (χ1v) is 32.7. The summed E-state index contributed by atoms with van der Waals surface area (Å²) in [6.45, 7) is 17.6. The van der Waals surface area contributed by atoms with Crippen molar-refractivity contribution in [3.05, 3.63) is 71.8 Å². The molecule has 2 aromatic rings. The minimum absolute atomic E-state index is 0.0419. The van der Waals surface area contributed by atoms with Crippen molar-refractivity contribution < 1.29 is 62.6 Å². The summed E-state index contributed by atoms with van der Waals surface area (Å²) in [7, 11) is 5.39. The predicted octanol–water partition coefficient (Wildman–Crippen LogP) is 1.67. The Morgan fingerprint density at radius 3 is 1.68 bits per heavy atom. The third kappa shape index (κ3) is 19.5. The van der Waals surface area contributed by atoms with Crippen LogP contribution in [0.3, 0.4) is 0 Å². The van der Waals surface area contributed by atoms with Crippen LogP contribution in [0.1, 0.15) is 138 Å². The summed E-state index contributed by atoms with van der Waals surface area (Å²) in [5, 5.41) is 27.8. The minimum atomic E-state index is -1.72. The number of carbonyl (C=O) groups excluding carboxylic acids is 12. The summed E-state index contributed by atoms with van der Waals surface area (Å²) in [5.74, 6) is -10.00. The maximum Gasteiger partial charge on any atom is 0.248 e. The molecule has 0 bridgehead atoms. The normalized spacial score (nSPS) is 26.0. The van der Waals surface area contributed by atoms with Gasteiger partial charge in [-0.15, -0.1) is 0 Å². The number of aliphatic hydroxyl groups is 1. The number of hydrogen-bond acceptors (Lipinski definition) is 13. The summed E-state index contributed by atoms with van der Waals surface area (Å²) in [4.78, 5) is 183. The summed E-state index contributed by atoms with van der Waals surface area (Å²) >= 11 is 0. The van der Waals surface area contributed by atoms with Crippen molar-refractivity contribution in [3.8, 4) is 0 Å². The molecule has 3 saturated heterocycles. The average Bonchev–Trinajstić information content (AvgIpc) is 1.28. The highest BCUT2D eigenvalue weighted by molar-refractivity contribution is 6.01. The van der Waals surface area contributed by atoms with E-state index in [0.717, 1.165) is 38.9 Å². The van der Waals surface area contributed by atoms with Gasteiger partial charge in [-0.3, -0.25) is 57.5 Å². The summed E-state index contributed by atoms with van der Waals surface area (Å²) < 4.78 is 0. The third-order valence-corrected chi connectivity index (χ3v) is 18.6. The lowest BCUT2D eigenvalue weighted by atomic mass is 9.96. The number of amides is 12. The standard InChI is InChI=1S/C67H102N12O13/c1-15-40(5)54-65(90)75(12)44(9)62(87)76(13)52(37-47-29-22-18-23-30-47)61(86)73-56(45(10)80)66(91)77(14)51(36-46-27-20-17-21-28-46)60(85)69-48(35-39(3)4)64(89)79-34-26-31-50(79)59(84)70-49(38-53(81)68-42(7)57(82)71-54)63(88)74(11)43(8)58(83)72-55(41(6)16-2)67(92)78-32-24-19-25-33-78/h17-18,20-23,27-30,39-45,48-52,54-56,80H,15-16,19,24-26,31-38H2,1-14H3,(H,68,81)(H,69,85)(H,70,84)(H,71,82)(H,72,83)(H,73,86)/t40-,41-,42-,43-,44-,45+,48-,49-,50-,51-,52-,54-,55-,56-/m0/s1. The van der Waals surface area contributed by atoms with Gasteiger partial charge in [-0.05, 0) is 95.1 Å². The molecule has 7 N–H and O–H groups in total. The van der Waals surface area contributed by atoms with E-state index in [9.17, 15) is 53.1 Å². The summed E-state index contributed by atoms with van der Waals surface area (Å²) in [6.07, 6.45) is 1.49. The SMILES string of the molecule is CC[C@H](C)[C@H](NC(=O)[C@H](C)N(C)C(=O)[C@@H]1CC(=O)N[C@@H](C)C(=O)N[C@@H]([C@@H](C)CC)C(=O)N(C)[C@@H](C)C(=O)N(C)[C@@H](Cc2ccccc2)C(=O)N[C@@H]([C@@H](C)O)C(=O)N(C)[C@@H](Cc2ccccc2)C(=O)N[C@@H](CC(C)C)C(=O)N2CCC[C@H]2C(=O)N1)C(=O)N1CCCCC1. The third-order valence-electron chi connectivity index (χ3n) is 18.6. The van der Waals surface area contributed by atoms with Gasteiger partial charge in [0, 0.05) is 60.7 Å². The van der Waals surface area contributed by atoms with Crippen LogP contribution < -0.4 is 31.9 Å². The van der Waals surface area contributed by atoms with E-state index in [1.54, 1.807) is 79.4 Å². The second-order valence-corrected chi connectivity index (χ2v) is 25.9. The van der Waals surface area contributed by atoms with Gasteiger partial charge < -0.3 is 66.4 Å².